The van der Waals surface area contributed by atoms with Crippen LogP contribution in [0.5, 0.6) is 5.75 Å². The van der Waals surface area contributed by atoms with Crippen molar-refractivity contribution in [3.05, 3.63) is 58.1 Å². The SMILES string of the molecule is Cc1cc(C)c(OCCNS(=O)(=O)c2ccc(Cl)cc2)cc1C. The van der Waals surface area contributed by atoms with Crippen LogP contribution in [-0.4, -0.2) is 21.6 Å². The van der Waals surface area contributed by atoms with E-state index in [1.54, 1.807) is 12.1 Å². The van der Waals surface area contributed by atoms with Gasteiger partial charge in [-0.05, 0) is 67.8 Å². The fourth-order valence-electron chi connectivity index (χ4n) is 2.12. The van der Waals surface area contributed by atoms with Gasteiger partial charge < -0.3 is 4.74 Å². The molecule has 23 heavy (non-hydrogen) atoms. The van der Waals surface area contributed by atoms with Crippen molar-refractivity contribution < 1.29 is 13.2 Å². The van der Waals surface area contributed by atoms with E-state index in [1.165, 1.54) is 17.7 Å². The number of rotatable bonds is 6. The van der Waals surface area contributed by atoms with Gasteiger partial charge in [-0.25, -0.2) is 13.1 Å². The molecule has 0 unspecified atom stereocenters. The number of aryl methyl sites for hydroxylation is 3. The number of hydrogen-bond donors (Lipinski definition) is 1. The van der Waals surface area contributed by atoms with Gasteiger partial charge >= 0.3 is 0 Å². The van der Waals surface area contributed by atoms with E-state index in [-0.39, 0.29) is 18.0 Å². The summed E-state index contributed by atoms with van der Waals surface area (Å²) >= 11 is 5.76. The Morgan fingerprint density at radius 3 is 2.26 bits per heavy atom. The Morgan fingerprint density at radius 2 is 1.61 bits per heavy atom. The zero-order valence-corrected chi connectivity index (χ0v) is 15.0. The molecule has 1 N–H and O–H groups in total. The largest absolute Gasteiger partial charge is 0.492 e. The summed E-state index contributed by atoms with van der Waals surface area (Å²) in [5.41, 5.74) is 3.39. The summed E-state index contributed by atoms with van der Waals surface area (Å²) in [6.07, 6.45) is 0. The molecule has 4 nitrogen and oxygen atoms in total. The number of benzene rings is 2. The highest BCUT2D eigenvalue weighted by Gasteiger charge is 2.13. The molecule has 6 heteroatoms. The van der Waals surface area contributed by atoms with Crippen LogP contribution in [0.4, 0.5) is 0 Å². The second-order valence-electron chi connectivity index (χ2n) is 5.40. The van der Waals surface area contributed by atoms with Crippen molar-refractivity contribution in [3.63, 3.8) is 0 Å². The molecule has 0 aliphatic heterocycles. The lowest BCUT2D eigenvalue weighted by Gasteiger charge is -2.12. The summed E-state index contributed by atoms with van der Waals surface area (Å²) in [6, 6.07) is 10.1. The minimum Gasteiger partial charge on any atom is -0.492 e. The van der Waals surface area contributed by atoms with E-state index >= 15 is 0 Å². The van der Waals surface area contributed by atoms with Crippen LogP contribution in [-0.2, 0) is 10.0 Å². The lowest BCUT2D eigenvalue weighted by Crippen LogP contribution is -2.28. The molecule has 0 saturated carbocycles. The number of sulfonamides is 1. The van der Waals surface area contributed by atoms with Crippen LogP contribution in [0.25, 0.3) is 0 Å². The molecule has 0 bridgehead atoms. The fraction of sp³-hybridized carbons (Fsp3) is 0.294. The smallest absolute Gasteiger partial charge is 0.240 e. The first-order valence-corrected chi connectivity index (χ1v) is 9.11. The summed E-state index contributed by atoms with van der Waals surface area (Å²) in [6.45, 7) is 6.49. The zero-order valence-electron chi connectivity index (χ0n) is 13.4. The van der Waals surface area contributed by atoms with Crippen LogP contribution in [0, 0.1) is 20.8 Å². The third-order valence-electron chi connectivity index (χ3n) is 3.57. The van der Waals surface area contributed by atoms with Crippen LogP contribution >= 0.6 is 11.6 Å². The van der Waals surface area contributed by atoms with Gasteiger partial charge in [0.1, 0.15) is 12.4 Å². The van der Waals surface area contributed by atoms with Crippen LogP contribution in [0.2, 0.25) is 5.02 Å². The van der Waals surface area contributed by atoms with Gasteiger partial charge in [-0.15, -0.1) is 0 Å². The highest BCUT2D eigenvalue weighted by Crippen LogP contribution is 2.22. The quantitative estimate of drug-likeness (QED) is 0.807. The second-order valence-corrected chi connectivity index (χ2v) is 7.61. The monoisotopic (exact) mass is 353 g/mol. The van der Waals surface area contributed by atoms with Crippen molar-refractivity contribution in [2.24, 2.45) is 0 Å². The molecule has 2 rings (SSSR count). The molecule has 0 aliphatic carbocycles. The zero-order chi connectivity index (χ0) is 17.0. The van der Waals surface area contributed by atoms with Gasteiger partial charge in [-0.2, -0.15) is 0 Å². The number of ether oxygens (including phenoxy) is 1. The van der Waals surface area contributed by atoms with Gasteiger partial charge in [0.15, 0.2) is 0 Å². The summed E-state index contributed by atoms with van der Waals surface area (Å²) in [7, 11) is -3.55. The van der Waals surface area contributed by atoms with E-state index in [1.807, 2.05) is 26.8 Å². The Bertz CT molecular complexity index is 786. The lowest BCUT2D eigenvalue weighted by molar-refractivity contribution is 0.320. The van der Waals surface area contributed by atoms with Gasteiger partial charge in [-0.3, -0.25) is 0 Å². The molecule has 0 radical (unpaired) electrons. The first kappa shape index (κ1) is 17.8. The molecule has 0 aromatic heterocycles. The van der Waals surface area contributed by atoms with E-state index in [9.17, 15) is 8.42 Å². The number of hydrogen-bond acceptors (Lipinski definition) is 3. The Balaban J connectivity index is 1.92. The van der Waals surface area contributed by atoms with Crippen LogP contribution in [0.3, 0.4) is 0 Å². The van der Waals surface area contributed by atoms with E-state index in [0.717, 1.165) is 16.9 Å². The van der Waals surface area contributed by atoms with E-state index in [4.69, 9.17) is 16.3 Å². The molecule has 0 saturated heterocycles. The second kappa shape index (κ2) is 7.34. The molecule has 2 aromatic carbocycles. The van der Waals surface area contributed by atoms with Crippen LogP contribution in [0.15, 0.2) is 41.3 Å². The molecular formula is C17H20ClNO3S. The first-order chi connectivity index (χ1) is 10.8. The summed E-state index contributed by atoms with van der Waals surface area (Å²) in [5, 5.41) is 0.498. The van der Waals surface area contributed by atoms with Gasteiger partial charge in [0.05, 0.1) is 4.90 Å². The minimum atomic E-state index is -3.55. The van der Waals surface area contributed by atoms with Crippen LogP contribution < -0.4 is 9.46 Å². The van der Waals surface area contributed by atoms with Gasteiger partial charge in [0.25, 0.3) is 0 Å². The number of halogens is 1. The topological polar surface area (TPSA) is 55.4 Å². The molecule has 0 heterocycles. The summed E-state index contributed by atoms with van der Waals surface area (Å²) in [5.74, 6) is 0.777. The standard InChI is InChI=1S/C17H20ClNO3S/c1-12-10-14(3)17(11-13(12)2)22-9-8-19-23(20,21)16-6-4-15(18)5-7-16/h4-7,10-11,19H,8-9H2,1-3H3. The molecule has 0 spiro atoms. The molecule has 0 fully saturated rings. The highest BCUT2D eigenvalue weighted by atomic mass is 35.5. The molecular weight excluding hydrogens is 334 g/mol. The van der Waals surface area contributed by atoms with Crippen molar-refractivity contribution in [2.75, 3.05) is 13.2 Å². The Kier molecular flexibility index (Phi) is 5.68. The lowest BCUT2D eigenvalue weighted by atomic mass is 10.1. The van der Waals surface area contributed by atoms with Crippen LogP contribution in [0.1, 0.15) is 16.7 Å². The van der Waals surface area contributed by atoms with Gasteiger partial charge in [-0.1, -0.05) is 17.7 Å². The van der Waals surface area contributed by atoms with Crippen molar-refractivity contribution >= 4 is 21.6 Å². The average molecular weight is 354 g/mol. The fourth-order valence-corrected chi connectivity index (χ4v) is 3.26. The summed E-state index contributed by atoms with van der Waals surface area (Å²) in [4.78, 5) is 0.185. The molecule has 0 amide bonds. The Labute approximate surface area is 142 Å². The highest BCUT2D eigenvalue weighted by molar-refractivity contribution is 7.89. The third kappa shape index (κ3) is 4.70. The van der Waals surface area contributed by atoms with Crippen molar-refractivity contribution in [1.82, 2.24) is 4.72 Å². The molecule has 0 atom stereocenters. The maximum atomic E-state index is 12.1. The van der Waals surface area contributed by atoms with E-state index in [2.05, 4.69) is 10.8 Å². The van der Waals surface area contributed by atoms with E-state index in [0.29, 0.717) is 5.02 Å². The maximum Gasteiger partial charge on any atom is 0.240 e. The predicted octanol–water partition coefficient (Wildman–Crippen LogP) is 3.62. The minimum absolute atomic E-state index is 0.185. The summed E-state index contributed by atoms with van der Waals surface area (Å²) < 4.78 is 32.4. The normalized spacial score (nSPS) is 11.5. The predicted molar refractivity (Wildman–Crippen MR) is 92.8 cm³/mol. The maximum absolute atomic E-state index is 12.1. The Morgan fingerprint density at radius 1 is 1.00 bits per heavy atom. The van der Waals surface area contributed by atoms with Crippen molar-refractivity contribution in [3.8, 4) is 5.75 Å². The Hall–Kier alpha value is -1.56. The van der Waals surface area contributed by atoms with Gasteiger partial charge in [0.2, 0.25) is 10.0 Å². The first-order valence-electron chi connectivity index (χ1n) is 7.25. The van der Waals surface area contributed by atoms with Gasteiger partial charge in [0, 0.05) is 11.6 Å². The molecule has 2 aromatic rings. The molecule has 0 aliphatic rings. The van der Waals surface area contributed by atoms with Crippen molar-refractivity contribution in [1.29, 1.82) is 0 Å². The molecule has 124 valence electrons. The van der Waals surface area contributed by atoms with Crippen molar-refractivity contribution in [2.45, 2.75) is 25.7 Å². The average Bonchev–Trinajstić information content (AvgIpc) is 2.49. The third-order valence-corrected chi connectivity index (χ3v) is 5.30. The number of nitrogens with one attached hydrogen (secondary N) is 1. The van der Waals surface area contributed by atoms with E-state index < -0.39 is 10.0 Å².